The zero-order valence-electron chi connectivity index (χ0n) is 9.56. The molecular formula is C8H7F3N8O. The lowest BCUT2D eigenvalue weighted by Crippen LogP contribution is -2.23. The minimum Gasteiger partial charge on any atom is -0.320 e. The number of aromatic amines is 2. The van der Waals surface area contributed by atoms with Gasteiger partial charge in [-0.15, -0.1) is 0 Å². The summed E-state index contributed by atoms with van der Waals surface area (Å²) in [7, 11) is 0. The lowest BCUT2D eigenvalue weighted by atomic mass is 10.3. The van der Waals surface area contributed by atoms with E-state index in [9.17, 15) is 18.0 Å². The van der Waals surface area contributed by atoms with Crippen molar-refractivity contribution in [2.75, 3.05) is 10.6 Å². The van der Waals surface area contributed by atoms with Crippen molar-refractivity contribution in [1.82, 2.24) is 30.4 Å². The van der Waals surface area contributed by atoms with Crippen LogP contribution in [0, 0.1) is 0 Å². The van der Waals surface area contributed by atoms with Crippen molar-refractivity contribution in [3.8, 4) is 0 Å². The van der Waals surface area contributed by atoms with Gasteiger partial charge in [0, 0.05) is 6.08 Å². The number of nitrogens with zero attached hydrogens (tertiary/aromatic N) is 4. The normalized spacial score (nSPS) is 12.2. The van der Waals surface area contributed by atoms with E-state index in [0.29, 0.717) is 6.08 Å². The number of nitrogens with one attached hydrogen (secondary N) is 4. The van der Waals surface area contributed by atoms with Gasteiger partial charge in [0.15, 0.2) is 0 Å². The lowest BCUT2D eigenvalue weighted by molar-refractivity contribution is -0.113. The summed E-state index contributed by atoms with van der Waals surface area (Å²) in [5.41, 5.74) is -1.31. The van der Waals surface area contributed by atoms with Gasteiger partial charge in [0.05, 0.1) is 0 Å². The molecule has 0 unspecified atom stereocenters. The molecule has 2 heterocycles. The third-order valence-electron chi connectivity index (χ3n) is 1.91. The molecule has 2 rings (SSSR count). The van der Waals surface area contributed by atoms with E-state index in [4.69, 9.17) is 0 Å². The Kier molecular flexibility index (Phi) is 3.63. The highest BCUT2D eigenvalue weighted by atomic mass is 19.4. The van der Waals surface area contributed by atoms with Crippen LogP contribution in [-0.4, -0.2) is 42.4 Å². The number of hydrogen-bond donors (Lipinski definition) is 4. The molecule has 1 amide bonds. The van der Waals surface area contributed by atoms with Crippen molar-refractivity contribution in [2.24, 2.45) is 0 Å². The van der Waals surface area contributed by atoms with Crippen LogP contribution in [0.25, 0.3) is 0 Å². The monoisotopic (exact) mass is 288 g/mol. The molecule has 20 heavy (non-hydrogen) atoms. The van der Waals surface area contributed by atoms with Crippen LogP contribution in [0.3, 0.4) is 0 Å². The van der Waals surface area contributed by atoms with Crippen LogP contribution in [0.2, 0.25) is 0 Å². The highest BCUT2D eigenvalue weighted by molar-refractivity contribution is 5.98. The molecule has 9 nitrogen and oxygen atoms in total. The fraction of sp³-hybridized carbons (Fsp3) is 0.125. The molecule has 0 aliphatic heterocycles. The van der Waals surface area contributed by atoms with E-state index < -0.39 is 17.8 Å². The standard InChI is InChI=1S/C8H7F3N8O/c9-8(10,11)4(16-6-12-2-14-18-6)1-5(20)17-7-13-3-15-19-7/h1-3H,(H2,12,14,16,18)(H2,13,15,17,19,20)/b4-1+. The van der Waals surface area contributed by atoms with Gasteiger partial charge in [-0.25, -0.2) is 10.2 Å². The van der Waals surface area contributed by atoms with E-state index in [0.717, 1.165) is 12.7 Å². The molecule has 2 aromatic rings. The number of halogens is 3. The number of carbonyl (C=O) groups excluding carboxylic acids is 1. The van der Waals surface area contributed by atoms with Crippen molar-refractivity contribution in [3.63, 3.8) is 0 Å². The third-order valence-corrected chi connectivity index (χ3v) is 1.91. The smallest absolute Gasteiger partial charge is 0.320 e. The minimum atomic E-state index is -4.77. The third kappa shape index (κ3) is 3.54. The molecular weight excluding hydrogens is 281 g/mol. The molecule has 0 fully saturated rings. The molecule has 0 atom stereocenters. The highest BCUT2D eigenvalue weighted by Gasteiger charge is 2.35. The van der Waals surface area contributed by atoms with Gasteiger partial charge in [0.2, 0.25) is 11.9 Å². The average Bonchev–Trinajstić information content (AvgIpc) is 2.99. The van der Waals surface area contributed by atoms with Crippen LogP contribution in [0.5, 0.6) is 0 Å². The van der Waals surface area contributed by atoms with Crippen LogP contribution in [0.15, 0.2) is 24.4 Å². The summed E-state index contributed by atoms with van der Waals surface area (Å²) in [5.74, 6) is -1.37. The molecule has 0 radical (unpaired) electrons. The van der Waals surface area contributed by atoms with E-state index in [1.54, 1.807) is 0 Å². The van der Waals surface area contributed by atoms with Gasteiger partial charge in [-0.3, -0.25) is 10.1 Å². The van der Waals surface area contributed by atoms with E-state index in [-0.39, 0.29) is 11.9 Å². The Bertz CT molecular complexity index is 588. The Morgan fingerprint density at radius 3 is 2.10 bits per heavy atom. The Morgan fingerprint density at radius 1 is 1.10 bits per heavy atom. The van der Waals surface area contributed by atoms with E-state index >= 15 is 0 Å². The number of anilines is 2. The van der Waals surface area contributed by atoms with Crippen LogP contribution >= 0.6 is 0 Å². The molecule has 0 aromatic carbocycles. The Balaban J connectivity index is 2.13. The van der Waals surface area contributed by atoms with Gasteiger partial charge >= 0.3 is 6.18 Å². The van der Waals surface area contributed by atoms with Crippen molar-refractivity contribution in [3.05, 3.63) is 24.4 Å². The predicted octanol–water partition coefficient (Wildman–Crippen LogP) is 0.420. The van der Waals surface area contributed by atoms with Gasteiger partial charge in [-0.1, -0.05) is 0 Å². The van der Waals surface area contributed by atoms with Crippen molar-refractivity contribution >= 4 is 17.8 Å². The second-order valence-corrected chi connectivity index (χ2v) is 3.34. The Labute approximate surface area is 108 Å². The predicted molar refractivity (Wildman–Crippen MR) is 59.2 cm³/mol. The average molecular weight is 288 g/mol. The molecule has 0 saturated heterocycles. The molecule has 12 heteroatoms. The fourth-order valence-electron chi connectivity index (χ4n) is 1.13. The van der Waals surface area contributed by atoms with Crippen LogP contribution in [0.4, 0.5) is 25.1 Å². The van der Waals surface area contributed by atoms with Crippen LogP contribution < -0.4 is 10.6 Å². The second kappa shape index (κ2) is 5.38. The number of carbonyl (C=O) groups is 1. The first kappa shape index (κ1) is 13.5. The molecule has 0 bridgehead atoms. The first-order valence-electron chi connectivity index (χ1n) is 5.03. The number of aromatic nitrogens is 6. The lowest BCUT2D eigenvalue weighted by Gasteiger charge is -2.11. The summed E-state index contributed by atoms with van der Waals surface area (Å²) in [6.45, 7) is 0. The van der Waals surface area contributed by atoms with E-state index in [1.165, 1.54) is 0 Å². The summed E-state index contributed by atoms with van der Waals surface area (Å²) in [6.07, 6.45) is -2.34. The zero-order valence-corrected chi connectivity index (χ0v) is 9.56. The molecule has 106 valence electrons. The van der Waals surface area contributed by atoms with Gasteiger partial charge in [0.25, 0.3) is 5.91 Å². The number of hydrogen-bond acceptors (Lipinski definition) is 6. The molecule has 0 aliphatic carbocycles. The highest BCUT2D eigenvalue weighted by Crippen LogP contribution is 2.25. The van der Waals surface area contributed by atoms with E-state index in [1.807, 2.05) is 5.32 Å². The molecule has 0 spiro atoms. The molecule has 0 saturated carbocycles. The summed E-state index contributed by atoms with van der Waals surface area (Å²) >= 11 is 0. The summed E-state index contributed by atoms with van der Waals surface area (Å²) in [6, 6.07) is 0. The van der Waals surface area contributed by atoms with Crippen molar-refractivity contribution < 1.29 is 18.0 Å². The zero-order chi connectivity index (χ0) is 14.6. The van der Waals surface area contributed by atoms with Gasteiger partial charge in [-0.2, -0.15) is 33.3 Å². The van der Waals surface area contributed by atoms with E-state index in [2.05, 4.69) is 35.7 Å². The maximum atomic E-state index is 12.7. The van der Waals surface area contributed by atoms with Gasteiger partial charge in [0.1, 0.15) is 18.4 Å². The number of amides is 1. The van der Waals surface area contributed by atoms with Gasteiger partial charge in [-0.05, 0) is 0 Å². The maximum absolute atomic E-state index is 12.7. The van der Waals surface area contributed by atoms with Gasteiger partial charge < -0.3 is 5.32 Å². The Hall–Kier alpha value is -2.92. The SMILES string of the molecule is O=C(/C=C(/Nc1ncn[nH]1)C(F)(F)F)Nc1ncn[nH]1. The Morgan fingerprint density at radius 2 is 1.65 bits per heavy atom. The van der Waals surface area contributed by atoms with Crippen molar-refractivity contribution in [1.29, 1.82) is 0 Å². The molecule has 0 aliphatic rings. The quantitative estimate of drug-likeness (QED) is 0.604. The summed E-state index contributed by atoms with van der Waals surface area (Å²) in [5, 5.41) is 15.3. The van der Waals surface area contributed by atoms with Crippen molar-refractivity contribution in [2.45, 2.75) is 6.18 Å². The first-order valence-corrected chi connectivity index (χ1v) is 5.03. The van der Waals surface area contributed by atoms with Crippen LogP contribution in [0.1, 0.15) is 0 Å². The second-order valence-electron chi connectivity index (χ2n) is 3.34. The number of allylic oxidation sites excluding steroid dienone is 1. The number of H-pyrrole nitrogens is 2. The fourth-order valence-corrected chi connectivity index (χ4v) is 1.13. The topological polar surface area (TPSA) is 124 Å². The minimum absolute atomic E-state index is 0.0764. The maximum Gasteiger partial charge on any atom is 0.431 e. The molecule has 2 aromatic heterocycles. The van der Waals surface area contributed by atoms with Crippen LogP contribution in [-0.2, 0) is 4.79 Å². The summed E-state index contributed by atoms with van der Waals surface area (Å²) in [4.78, 5) is 18.5. The molecule has 4 N–H and O–H groups in total. The number of rotatable bonds is 4. The number of alkyl halides is 3. The first-order chi connectivity index (χ1) is 9.45. The summed E-state index contributed by atoms with van der Waals surface area (Å²) < 4.78 is 38.2. The largest absolute Gasteiger partial charge is 0.431 e.